The lowest BCUT2D eigenvalue weighted by Gasteiger charge is -2.13. The molecule has 8 aromatic heterocycles. The van der Waals surface area contributed by atoms with E-state index >= 15 is 0 Å². The summed E-state index contributed by atoms with van der Waals surface area (Å²) >= 11 is 5.53. The molecule has 0 fully saturated rings. The number of hydrogen-bond acceptors (Lipinski definition) is 12. The summed E-state index contributed by atoms with van der Waals surface area (Å²) in [6.07, 6.45) is 0. The second-order valence-electron chi connectivity index (χ2n) is 35.2. The van der Waals surface area contributed by atoms with E-state index in [1.54, 1.807) is 0 Å². The summed E-state index contributed by atoms with van der Waals surface area (Å²) < 4.78 is 13.9. The maximum Gasteiger partial charge on any atom is 0.161 e. The summed E-state index contributed by atoms with van der Waals surface area (Å²) in [5, 5.41) is 28.5. The summed E-state index contributed by atoms with van der Waals surface area (Å²) in [6, 6.07) is 161. The van der Waals surface area contributed by atoms with Gasteiger partial charge in [0.15, 0.2) is 23.3 Å². The van der Waals surface area contributed by atoms with Gasteiger partial charge < -0.3 is 4.42 Å². The molecule has 0 bridgehead atoms. The standard InChI is InChI=1S/2C34H20N2S.C30H18N2O.C30H18N2S/c1-2-10-23(11-3-1)32-27-19-17-21-9-4-5-13-24(21)33(27)36-34(35-32)26-15-8-12-22-18-20-29-31(30(22)26)25-14-6-7-16-28(25)37-29;1-2-10-23(11-3-1)33-31-24-13-5-4-9-21(24)17-19-27(31)35-34(36-33)26-15-8-12-22-18-20-29-32(30(22)26)25-14-6-7-16-28(25)37-29;2*1-2-9-20(10-3-1)29-21-12-4-6-15-24(21)31-30(32-29)23-14-8-11-19-17-18-26-28(27(19)23)22-13-5-7-16-25(22)33-26/h2*1-20H;2*1-18H. The van der Waals surface area contributed by atoms with Gasteiger partial charge in [0, 0.05) is 164 Å². The van der Waals surface area contributed by atoms with Crippen molar-refractivity contribution < 1.29 is 4.42 Å². The average molecular weight is 1840 g/mol. The Kier molecular flexibility index (Phi) is 20.0. The maximum atomic E-state index is 6.17. The van der Waals surface area contributed by atoms with Gasteiger partial charge in [-0.25, -0.2) is 39.9 Å². The third-order valence-corrected chi connectivity index (χ3v) is 30.5. The van der Waals surface area contributed by atoms with Crippen LogP contribution in [0.4, 0.5) is 0 Å². The van der Waals surface area contributed by atoms with Crippen molar-refractivity contribution in [2.45, 2.75) is 0 Å². The molecule has 0 spiro atoms. The lowest BCUT2D eigenvalue weighted by atomic mass is 9.97. The number of para-hydroxylation sites is 3. The molecule has 0 unspecified atom stereocenters. The lowest BCUT2D eigenvalue weighted by molar-refractivity contribution is 0.669. The van der Waals surface area contributed by atoms with Gasteiger partial charge in [0.25, 0.3) is 0 Å². The lowest BCUT2D eigenvalue weighted by Crippen LogP contribution is -1.97. The van der Waals surface area contributed by atoms with E-state index < -0.39 is 0 Å². The van der Waals surface area contributed by atoms with Crippen LogP contribution in [0.15, 0.2) is 465 Å². The Labute approximate surface area is 814 Å². The van der Waals surface area contributed by atoms with Crippen LogP contribution in [0.1, 0.15) is 0 Å². The average Bonchev–Trinajstić information content (AvgIpc) is 1.57. The number of aromatic nitrogens is 8. The van der Waals surface area contributed by atoms with Crippen LogP contribution in [-0.4, -0.2) is 39.9 Å². The number of benzene rings is 22. The first-order chi connectivity index (χ1) is 69.4. The second kappa shape index (κ2) is 34.2. The van der Waals surface area contributed by atoms with Crippen LogP contribution in [0.3, 0.4) is 0 Å². The van der Waals surface area contributed by atoms with Crippen LogP contribution in [0.5, 0.6) is 0 Å². The molecular weight excluding hydrogens is 1760 g/mol. The maximum absolute atomic E-state index is 6.17. The van der Waals surface area contributed by atoms with Crippen LogP contribution in [0, 0.1) is 0 Å². The fraction of sp³-hybridized carbons (Fsp3) is 0. The molecule has 0 saturated heterocycles. The molecule has 0 saturated carbocycles. The molecule has 652 valence electrons. The van der Waals surface area contributed by atoms with Gasteiger partial charge in [0.1, 0.15) is 11.2 Å². The number of thiophene rings is 3. The first-order valence-electron chi connectivity index (χ1n) is 46.9. The molecule has 8 heterocycles. The van der Waals surface area contributed by atoms with E-state index in [4.69, 9.17) is 44.3 Å². The predicted molar refractivity (Wildman–Crippen MR) is 593 cm³/mol. The van der Waals surface area contributed by atoms with E-state index in [1.807, 2.05) is 94.7 Å². The number of rotatable bonds is 8. The van der Waals surface area contributed by atoms with Gasteiger partial charge in [-0.1, -0.05) is 388 Å². The zero-order valence-corrected chi connectivity index (χ0v) is 77.5. The summed E-state index contributed by atoms with van der Waals surface area (Å²) in [7, 11) is 0. The number of fused-ring (bicyclic) bond motifs is 28. The molecule has 140 heavy (non-hydrogen) atoms. The van der Waals surface area contributed by atoms with Crippen molar-refractivity contribution in [1.82, 2.24) is 39.9 Å². The molecular formula is C128H76N8OS3. The summed E-state index contributed by atoms with van der Waals surface area (Å²) in [4.78, 5) is 41.4. The highest BCUT2D eigenvalue weighted by molar-refractivity contribution is 7.27. The Morgan fingerprint density at radius 1 is 0.150 bits per heavy atom. The Bertz CT molecular complexity index is 9980. The van der Waals surface area contributed by atoms with Crippen LogP contribution in [0.25, 0.3) is 281 Å². The first-order valence-corrected chi connectivity index (χ1v) is 49.4. The molecule has 0 N–H and O–H groups in total. The van der Waals surface area contributed by atoms with Crippen LogP contribution < -0.4 is 0 Å². The summed E-state index contributed by atoms with van der Waals surface area (Å²) in [5.41, 5.74) is 18.0. The number of hydrogen-bond donors (Lipinski definition) is 0. The van der Waals surface area contributed by atoms with Gasteiger partial charge in [-0.2, -0.15) is 0 Å². The smallest absolute Gasteiger partial charge is 0.161 e. The monoisotopic (exact) mass is 1840 g/mol. The third kappa shape index (κ3) is 14.1. The van der Waals surface area contributed by atoms with E-state index in [9.17, 15) is 0 Å². The highest BCUT2D eigenvalue weighted by atomic mass is 32.1. The minimum absolute atomic E-state index is 0.718. The van der Waals surface area contributed by atoms with Crippen molar-refractivity contribution in [3.8, 4) is 90.6 Å². The zero-order valence-electron chi connectivity index (χ0n) is 75.1. The Balaban J connectivity index is 0.0000000939. The van der Waals surface area contributed by atoms with Gasteiger partial charge in [0.05, 0.1) is 44.8 Å². The Morgan fingerprint density at radius 3 is 0.921 bits per heavy atom. The normalized spacial score (nSPS) is 11.7. The fourth-order valence-electron chi connectivity index (χ4n) is 20.8. The van der Waals surface area contributed by atoms with Crippen LogP contribution in [0.2, 0.25) is 0 Å². The van der Waals surface area contributed by atoms with Gasteiger partial charge in [-0.3, -0.25) is 0 Å². The van der Waals surface area contributed by atoms with Crippen molar-refractivity contribution in [1.29, 1.82) is 0 Å². The molecule has 30 rings (SSSR count). The minimum atomic E-state index is 0.718. The predicted octanol–water partition coefficient (Wildman–Crippen LogP) is 35.8. The van der Waals surface area contributed by atoms with Crippen molar-refractivity contribution in [2.75, 3.05) is 0 Å². The Hall–Kier alpha value is -17.8. The number of nitrogens with zero attached hydrogens (tertiary/aromatic N) is 8. The fourth-order valence-corrected chi connectivity index (χ4v) is 24.1. The molecule has 30 aromatic rings. The third-order valence-electron chi connectivity index (χ3n) is 27.1. The molecule has 0 aliphatic heterocycles. The Morgan fingerprint density at radius 2 is 0.464 bits per heavy atom. The van der Waals surface area contributed by atoms with E-state index in [1.165, 1.54) is 109 Å². The van der Waals surface area contributed by atoms with Crippen LogP contribution >= 0.6 is 34.0 Å². The molecule has 0 amide bonds. The molecule has 0 aliphatic rings. The minimum Gasteiger partial charge on any atom is -0.456 e. The quantitative estimate of drug-likeness (QED) is 0.137. The molecule has 0 atom stereocenters. The van der Waals surface area contributed by atoms with Crippen molar-refractivity contribution >= 4 is 225 Å². The molecule has 12 heteroatoms. The molecule has 9 nitrogen and oxygen atoms in total. The van der Waals surface area contributed by atoms with Crippen molar-refractivity contribution in [2.24, 2.45) is 0 Å². The van der Waals surface area contributed by atoms with Crippen LogP contribution in [-0.2, 0) is 0 Å². The van der Waals surface area contributed by atoms with Gasteiger partial charge in [-0.05, 0) is 110 Å². The van der Waals surface area contributed by atoms with E-state index in [-0.39, 0.29) is 0 Å². The van der Waals surface area contributed by atoms with E-state index in [2.05, 4.69) is 400 Å². The van der Waals surface area contributed by atoms with Crippen molar-refractivity contribution in [3.63, 3.8) is 0 Å². The van der Waals surface area contributed by atoms with Crippen molar-refractivity contribution in [3.05, 3.63) is 461 Å². The summed E-state index contributed by atoms with van der Waals surface area (Å²) in [6.45, 7) is 0. The van der Waals surface area contributed by atoms with Gasteiger partial charge in [-0.15, -0.1) is 34.0 Å². The van der Waals surface area contributed by atoms with Gasteiger partial charge in [0.2, 0.25) is 0 Å². The topological polar surface area (TPSA) is 116 Å². The SMILES string of the molecule is c1ccc(-c2nc(-c3cccc4ccc5oc6ccccc6c5c34)nc3ccccc23)cc1.c1ccc(-c2nc(-c3cccc4ccc5sc6ccccc6c5c34)nc3c2ccc2ccccc23)cc1.c1ccc(-c2nc(-c3cccc4ccc5sc6ccccc6c5c34)nc3ccc4ccccc4c23)cc1.c1ccc(-c2nc(-c3cccc4ccc5sc6ccccc6c5c34)nc3ccccc23)cc1. The number of furan rings is 1. The highest BCUT2D eigenvalue weighted by Crippen LogP contribution is 2.49. The summed E-state index contributed by atoms with van der Waals surface area (Å²) in [5.74, 6) is 3.00. The highest BCUT2D eigenvalue weighted by Gasteiger charge is 2.25. The first kappa shape index (κ1) is 81.7. The molecule has 0 radical (unpaired) electrons. The zero-order chi connectivity index (χ0) is 92.2. The molecule has 0 aliphatic carbocycles. The van der Waals surface area contributed by atoms with E-state index in [0.717, 1.165) is 172 Å². The second-order valence-corrected chi connectivity index (χ2v) is 38.5. The molecule has 22 aromatic carbocycles. The van der Waals surface area contributed by atoms with Gasteiger partial charge >= 0.3 is 0 Å². The van der Waals surface area contributed by atoms with E-state index in [0.29, 0.717) is 0 Å². The largest absolute Gasteiger partial charge is 0.456 e.